The van der Waals surface area contributed by atoms with Gasteiger partial charge in [0.25, 0.3) is 0 Å². The molecule has 0 saturated heterocycles. The summed E-state index contributed by atoms with van der Waals surface area (Å²) in [5.74, 6) is 0.837. The molecule has 0 aromatic rings. The highest BCUT2D eigenvalue weighted by atomic mass is 15.0. The average Bonchev–Trinajstić information content (AvgIpc) is 2.70. The smallest absolute Gasteiger partial charge is 0.0309 e. The van der Waals surface area contributed by atoms with Gasteiger partial charge in [0.05, 0.1) is 0 Å². The van der Waals surface area contributed by atoms with E-state index in [1.54, 1.807) is 0 Å². The fraction of sp³-hybridized carbons (Fsp3) is 0.846. The molecule has 1 saturated carbocycles. The SMILES string of the molecule is CC1CCCC(CN)(NC2CC=CC2)C1. The molecule has 2 nitrogen and oxygen atoms in total. The number of nitrogens with one attached hydrogen (secondary N) is 1. The van der Waals surface area contributed by atoms with E-state index in [-0.39, 0.29) is 5.54 Å². The maximum absolute atomic E-state index is 6.00. The van der Waals surface area contributed by atoms with Gasteiger partial charge in [-0.25, -0.2) is 0 Å². The van der Waals surface area contributed by atoms with E-state index in [1.165, 1.54) is 38.5 Å². The van der Waals surface area contributed by atoms with Crippen LogP contribution in [0.1, 0.15) is 45.4 Å². The molecule has 2 rings (SSSR count). The molecule has 2 aliphatic rings. The van der Waals surface area contributed by atoms with E-state index in [9.17, 15) is 0 Å². The Balaban J connectivity index is 1.94. The van der Waals surface area contributed by atoms with Crippen LogP contribution in [0.25, 0.3) is 0 Å². The lowest BCUT2D eigenvalue weighted by Gasteiger charge is -2.42. The molecule has 0 bridgehead atoms. The largest absolute Gasteiger partial charge is 0.329 e. The standard InChI is InChI=1S/C13H24N2/c1-11-5-4-8-13(9-11,10-14)15-12-6-2-3-7-12/h2-3,11-12,15H,4-10,14H2,1H3. The van der Waals surface area contributed by atoms with Crippen LogP contribution in [0.2, 0.25) is 0 Å². The van der Waals surface area contributed by atoms with Crippen molar-refractivity contribution in [3.63, 3.8) is 0 Å². The zero-order valence-corrected chi connectivity index (χ0v) is 9.84. The molecule has 1 fully saturated rings. The van der Waals surface area contributed by atoms with Crippen LogP contribution in [0.3, 0.4) is 0 Å². The Labute approximate surface area is 93.3 Å². The Bertz CT molecular complexity index is 229. The van der Waals surface area contributed by atoms with Crippen molar-refractivity contribution in [1.82, 2.24) is 5.32 Å². The molecule has 0 amide bonds. The molecule has 0 aliphatic heterocycles. The maximum Gasteiger partial charge on any atom is 0.0309 e. The summed E-state index contributed by atoms with van der Waals surface area (Å²) in [7, 11) is 0. The van der Waals surface area contributed by atoms with E-state index in [1.807, 2.05) is 0 Å². The predicted octanol–water partition coefficient (Wildman–Crippen LogP) is 2.20. The minimum Gasteiger partial charge on any atom is -0.329 e. The molecule has 86 valence electrons. The zero-order valence-electron chi connectivity index (χ0n) is 9.84. The lowest BCUT2D eigenvalue weighted by Crippen LogP contribution is -2.56. The van der Waals surface area contributed by atoms with Crippen molar-refractivity contribution in [2.45, 2.75) is 57.0 Å². The Hall–Kier alpha value is -0.340. The summed E-state index contributed by atoms with van der Waals surface area (Å²) < 4.78 is 0. The van der Waals surface area contributed by atoms with Gasteiger partial charge >= 0.3 is 0 Å². The fourth-order valence-electron chi connectivity index (χ4n) is 3.20. The molecule has 2 heteroatoms. The summed E-state index contributed by atoms with van der Waals surface area (Å²) >= 11 is 0. The van der Waals surface area contributed by atoms with Crippen LogP contribution >= 0.6 is 0 Å². The van der Waals surface area contributed by atoms with Crippen LogP contribution in [0, 0.1) is 5.92 Å². The molecule has 0 radical (unpaired) electrons. The summed E-state index contributed by atoms with van der Waals surface area (Å²) in [6.07, 6.45) is 12.2. The van der Waals surface area contributed by atoms with E-state index in [2.05, 4.69) is 24.4 Å². The molecule has 2 aliphatic carbocycles. The first-order chi connectivity index (χ1) is 7.24. The van der Waals surface area contributed by atoms with Gasteiger partial charge in [-0.2, -0.15) is 0 Å². The summed E-state index contributed by atoms with van der Waals surface area (Å²) in [6.45, 7) is 3.16. The second-order valence-electron chi connectivity index (χ2n) is 5.47. The van der Waals surface area contributed by atoms with Gasteiger partial charge in [-0.05, 0) is 31.6 Å². The lowest BCUT2D eigenvalue weighted by atomic mass is 9.76. The van der Waals surface area contributed by atoms with E-state index in [0.29, 0.717) is 6.04 Å². The fourth-order valence-corrected chi connectivity index (χ4v) is 3.20. The van der Waals surface area contributed by atoms with Gasteiger partial charge in [0.2, 0.25) is 0 Å². The highest BCUT2D eigenvalue weighted by Crippen LogP contribution is 2.32. The maximum atomic E-state index is 6.00. The molecule has 0 aromatic heterocycles. The molecule has 2 atom stereocenters. The zero-order chi connectivity index (χ0) is 10.7. The van der Waals surface area contributed by atoms with E-state index < -0.39 is 0 Å². The van der Waals surface area contributed by atoms with Crippen LogP contribution < -0.4 is 11.1 Å². The second-order valence-corrected chi connectivity index (χ2v) is 5.47. The van der Waals surface area contributed by atoms with Crippen molar-refractivity contribution in [2.24, 2.45) is 11.7 Å². The van der Waals surface area contributed by atoms with Crippen molar-refractivity contribution in [3.05, 3.63) is 12.2 Å². The minimum atomic E-state index is 0.244. The van der Waals surface area contributed by atoms with Crippen LogP contribution in [0.15, 0.2) is 12.2 Å². The predicted molar refractivity (Wildman–Crippen MR) is 64.7 cm³/mol. The Kier molecular flexibility index (Phi) is 3.47. The second kappa shape index (κ2) is 4.67. The summed E-state index contributed by atoms with van der Waals surface area (Å²) in [5, 5.41) is 3.82. The van der Waals surface area contributed by atoms with E-state index >= 15 is 0 Å². The Morgan fingerprint density at radius 1 is 1.40 bits per heavy atom. The number of hydrogen-bond donors (Lipinski definition) is 2. The summed E-state index contributed by atoms with van der Waals surface area (Å²) in [5.41, 5.74) is 6.24. The Morgan fingerprint density at radius 2 is 2.13 bits per heavy atom. The molecular weight excluding hydrogens is 184 g/mol. The lowest BCUT2D eigenvalue weighted by molar-refractivity contribution is 0.177. The number of nitrogens with two attached hydrogens (primary N) is 1. The minimum absolute atomic E-state index is 0.244. The van der Waals surface area contributed by atoms with Gasteiger partial charge in [0, 0.05) is 18.1 Å². The molecule has 15 heavy (non-hydrogen) atoms. The van der Waals surface area contributed by atoms with Gasteiger partial charge in [-0.1, -0.05) is 31.9 Å². The van der Waals surface area contributed by atoms with Gasteiger partial charge < -0.3 is 11.1 Å². The highest BCUT2D eigenvalue weighted by Gasteiger charge is 2.35. The topological polar surface area (TPSA) is 38.0 Å². The van der Waals surface area contributed by atoms with E-state index in [0.717, 1.165) is 12.5 Å². The first kappa shape index (κ1) is 11.2. The van der Waals surface area contributed by atoms with Crippen LogP contribution in [0.4, 0.5) is 0 Å². The monoisotopic (exact) mass is 208 g/mol. The third-order valence-corrected chi connectivity index (χ3v) is 4.00. The van der Waals surface area contributed by atoms with Gasteiger partial charge in [0.15, 0.2) is 0 Å². The van der Waals surface area contributed by atoms with Crippen molar-refractivity contribution in [3.8, 4) is 0 Å². The average molecular weight is 208 g/mol. The molecule has 3 N–H and O–H groups in total. The van der Waals surface area contributed by atoms with Crippen molar-refractivity contribution >= 4 is 0 Å². The quantitative estimate of drug-likeness (QED) is 0.698. The van der Waals surface area contributed by atoms with Crippen molar-refractivity contribution in [1.29, 1.82) is 0 Å². The van der Waals surface area contributed by atoms with Crippen LogP contribution in [-0.2, 0) is 0 Å². The number of rotatable bonds is 3. The van der Waals surface area contributed by atoms with Gasteiger partial charge in [-0.3, -0.25) is 0 Å². The highest BCUT2D eigenvalue weighted by molar-refractivity contribution is 5.03. The van der Waals surface area contributed by atoms with Crippen LogP contribution in [0.5, 0.6) is 0 Å². The van der Waals surface area contributed by atoms with Gasteiger partial charge in [0.1, 0.15) is 0 Å². The van der Waals surface area contributed by atoms with Crippen molar-refractivity contribution in [2.75, 3.05) is 6.54 Å². The number of hydrogen-bond acceptors (Lipinski definition) is 2. The third kappa shape index (κ3) is 2.61. The first-order valence-electron chi connectivity index (χ1n) is 6.37. The summed E-state index contributed by atoms with van der Waals surface area (Å²) in [4.78, 5) is 0. The molecule has 0 spiro atoms. The third-order valence-electron chi connectivity index (χ3n) is 4.00. The molecule has 0 aromatic carbocycles. The van der Waals surface area contributed by atoms with E-state index in [4.69, 9.17) is 5.73 Å². The summed E-state index contributed by atoms with van der Waals surface area (Å²) in [6, 6.07) is 0.652. The molecule has 2 unspecified atom stereocenters. The Morgan fingerprint density at radius 3 is 2.73 bits per heavy atom. The van der Waals surface area contributed by atoms with Crippen LogP contribution in [-0.4, -0.2) is 18.1 Å². The molecule has 0 heterocycles. The first-order valence-corrected chi connectivity index (χ1v) is 6.37. The molecular formula is C13H24N2. The van der Waals surface area contributed by atoms with Gasteiger partial charge in [-0.15, -0.1) is 0 Å². The normalized spacial score (nSPS) is 37.3. The van der Waals surface area contributed by atoms with Crippen molar-refractivity contribution < 1.29 is 0 Å².